The SMILES string of the molecule is CCCC(=O)C(F)C(=O)c1ccc(F)c(F)c1. The van der Waals surface area contributed by atoms with Crippen molar-refractivity contribution in [2.24, 2.45) is 0 Å². The van der Waals surface area contributed by atoms with E-state index in [1.165, 1.54) is 0 Å². The van der Waals surface area contributed by atoms with Gasteiger partial charge in [0.25, 0.3) is 0 Å². The zero-order valence-corrected chi connectivity index (χ0v) is 9.17. The van der Waals surface area contributed by atoms with Crippen molar-refractivity contribution in [3.05, 3.63) is 35.4 Å². The molecule has 1 aromatic carbocycles. The van der Waals surface area contributed by atoms with Crippen LogP contribution in [0.25, 0.3) is 0 Å². The van der Waals surface area contributed by atoms with Crippen LogP contribution in [0.5, 0.6) is 0 Å². The molecule has 0 saturated carbocycles. The van der Waals surface area contributed by atoms with Crippen LogP contribution in [0, 0.1) is 11.6 Å². The Labute approximate surface area is 96.4 Å². The van der Waals surface area contributed by atoms with E-state index >= 15 is 0 Å². The molecule has 92 valence electrons. The number of Topliss-reactive ketones (excluding diaryl/α,β-unsaturated/α-hetero) is 2. The molecule has 0 heterocycles. The Hall–Kier alpha value is -1.65. The molecule has 0 amide bonds. The van der Waals surface area contributed by atoms with E-state index in [4.69, 9.17) is 0 Å². The van der Waals surface area contributed by atoms with E-state index in [0.717, 1.165) is 12.1 Å². The summed E-state index contributed by atoms with van der Waals surface area (Å²) in [5.41, 5.74) is -0.346. The van der Waals surface area contributed by atoms with Crippen molar-refractivity contribution in [2.75, 3.05) is 0 Å². The van der Waals surface area contributed by atoms with Crippen molar-refractivity contribution in [3.63, 3.8) is 0 Å². The molecule has 1 unspecified atom stereocenters. The highest BCUT2D eigenvalue weighted by atomic mass is 19.2. The maximum Gasteiger partial charge on any atom is 0.220 e. The molecule has 0 spiro atoms. The molecule has 0 radical (unpaired) electrons. The first-order valence-corrected chi connectivity index (χ1v) is 5.13. The second-order valence-corrected chi connectivity index (χ2v) is 3.57. The number of rotatable bonds is 5. The molecule has 0 aliphatic heterocycles. The summed E-state index contributed by atoms with van der Waals surface area (Å²) in [6, 6.07) is 2.26. The number of benzene rings is 1. The van der Waals surface area contributed by atoms with Crippen LogP contribution < -0.4 is 0 Å². The highest BCUT2D eigenvalue weighted by Gasteiger charge is 2.26. The van der Waals surface area contributed by atoms with Gasteiger partial charge in [-0.15, -0.1) is 0 Å². The van der Waals surface area contributed by atoms with Crippen LogP contribution in [0.3, 0.4) is 0 Å². The van der Waals surface area contributed by atoms with Crippen LogP contribution in [0.1, 0.15) is 30.1 Å². The molecule has 2 nitrogen and oxygen atoms in total. The Morgan fingerprint density at radius 3 is 2.41 bits per heavy atom. The number of alkyl halides is 1. The molecule has 0 aromatic heterocycles. The summed E-state index contributed by atoms with van der Waals surface area (Å²) >= 11 is 0. The average Bonchev–Trinajstić information content (AvgIpc) is 2.31. The summed E-state index contributed by atoms with van der Waals surface area (Å²) in [4.78, 5) is 22.6. The van der Waals surface area contributed by atoms with Crippen molar-refractivity contribution >= 4 is 11.6 Å². The number of carbonyl (C=O) groups excluding carboxylic acids is 2. The molecule has 1 atom stereocenters. The summed E-state index contributed by atoms with van der Waals surface area (Å²) in [5.74, 6) is -4.35. The Balaban J connectivity index is 2.89. The summed E-state index contributed by atoms with van der Waals surface area (Å²) in [5, 5.41) is 0. The summed E-state index contributed by atoms with van der Waals surface area (Å²) < 4.78 is 38.8. The lowest BCUT2D eigenvalue weighted by Gasteiger charge is -2.06. The highest BCUT2D eigenvalue weighted by Crippen LogP contribution is 2.13. The largest absolute Gasteiger partial charge is 0.296 e. The van der Waals surface area contributed by atoms with Gasteiger partial charge in [-0.1, -0.05) is 6.92 Å². The summed E-state index contributed by atoms with van der Waals surface area (Å²) in [6.07, 6.45) is -1.94. The molecule has 1 rings (SSSR count). The van der Waals surface area contributed by atoms with E-state index in [0.29, 0.717) is 12.5 Å². The minimum atomic E-state index is -2.31. The molecule has 17 heavy (non-hydrogen) atoms. The summed E-state index contributed by atoms with van der Waals surface area (Å²) in [7, 11) is 0. The van der Waals surface area contributed by atoms with Gasteiger partial charge in [-0.05, 0) is 24.6 Å². The second kappa shape index (κ2) is 5.61. The van der Waals surface area contributed by atoms with Gasteiger partial charge in [0.2, 0.25) is 12.0 Å². The Kier molecular flexibility index (Phi) is 4.43. The molecule has 0 aliphatic carbocycles. The first-order valence-electron chi connectivity index (χ1n) is 5.13. The zero-order chi connectivity index (χ0) is 13.0. The number of ketones is 2. The van der Waals surface area contributed by atoms with Crippen LogP contribution in [0.4, 0.5) is 13.2 Å². The molecule has 0 aliphatic rings. The fourth-order valence-corrected chi connectivity index (χ4v) is 1.32. The lowest BCUT2D eigenvalue weighted by atomic mass is 10.0. The van der Waals surface area contributed by atoms with Gasteiger partial charge in [0.05, 0.1) is 0 Å². The minimum Gasteiger partial charge on any atom is -0.296 e. The average molecular weight is 244 g/mol. The first kappa shape index (κ1) is 13.4. The molecule has 0 N–H and O–H groups in total. The number of hydrogen-bond donors (Lipinski definition) is 0. The topological polar surface area (TPSA) is 34.1 Å². The third-order valence-corrected chi connectivity index (χ3v) is 2.21. The third kappa shape index (κ3) is 3.15. The molecule has 5 heteroatoms. The fourth-order valence-electron chi connectivity index (χ4n) is 1.32. The van der Waals surface area contributed by atoms with Crippen LogP contribution in [0.15, 0.2) is 18.2 Å². The Morgan fingerprint density at radius 1 is 1.24 bits per heavy atom. The van der Waals surface area contributed by atoms with Crippen molar-refractivity contribution < 1.29 is 22.8 Å². The van der Waals surface area contributed by atoms with Gasteiger partial charge in [0.15, 0.2) is 17.4 Å². The van der Waals surface area contributed by atoms with E-state index < -0.39 is 29.4 Å². The smallest absolute Gasteiger partial charge is 0.220 e. The van der Waals surface area contributed by atoms with Crippen molar-refractivity contribution in [1.29, 1.82) is 0 Å². The molecule has 1 aromatic rings. The number of halogens is 3. The van der Waals surface area contributed by atoms with Crippen LogP contribution in [-0.4, -0.2) is 17.7 Å². The van der Waals surface area contributed by atoms with E-state index in [2.05, 4.69) is 0 Å². The van der Waals surface area contributed by atoms with Crippen LogP contribution in [-0.2, 0) is 4.79 Å². The normalized spacial score (nSPS) is 12.2. The minimum absolute atomic E-state index is 0.0589. The van der Waals surface area contributed by atoms with E-state index in [1.54, 1.807) is 6.92 Å². The first-order chi connectivity index (χ1) is 7.97. The van der Waals surface area contributed by atoms with E-state index in [-0.39, 0.29) is 12.0 Å². The van der Waals surface area contributed by atoms with Crippen molar-refractivity contribution in [2.45, 2.75) is 25.9 Å². The maximum atomic E-state index is 13.4. The van der Waals surface area contributed by atoms with Crippen LogP contribution in [0.2, 0.25) is 0 Å². The Bertz CT molecular complexity index is 443. The standard InChI is InChI=1S/C12H11F3O2/c1-2-3-10(16)11(15)12(17)7-4-5-8(13)9(14)6-7/h4-6,11H,2-3H2,1H3. The number of carbonyl (C=O) groups is 2. The van der Waals surface area contributed by atoms with Gasteiger partial charge >= 0.3 is 0 Å². The highest BCUT2D eigenvalue weighted by molar-refractivity contribution is 6.13. The third-order valence-electron chi connectivity index (χ3n) is 2.21. The monoisotopic (exact) mass is 244 g/mol. The molecule has 0 bridgehead atoms. The van der Waals surface area contributed by atoms with Gasteiger partial charge in [-0.3, -0.25) is 9.59 Å². The maximum absolute atomic E-state index is 13.4. The lowest BCUT2D eigenvalue weighted by Crippen LogP contribution is -2.25. The van der Waals surface area contributed by atoms with E-state index in [9.17, 15) is 22.8 Å². The van der Waals surface area contributed by atoms with E-state index in [1.807, 2.05) is 0 Å². The van der Waals surface area contributed by atoms with Crippen molar-refractivity contribution in [3.8, 4) is 0 Å². The number of hydrogen-bond acceptors (Lipinski definition) is 2. The molecule has 0 saturated heterocycles. The second-order valence-electron chi connectivity index (χ2n) is 3.57. The predicted molar refractivity (Wildman–Crippen MR) is 55.5 cm³/mol. The van der Waals surface area contributed by atoms with Gasteiger partial charge in [-0.2, -0.15) is 0 Å². The quantitative estimate of drug-likeness (QED) is 0.589. The fraction of sp³-hybridized carbons (Fsp3) is 0.333. The van der Waals surface area contributed by atoms with Gasteiger partial charge < -0.3 is 0 Å². The lowest BCUT2D eigenvalue weighted by molar-refractivity contribution is -0.122. The van der Waals surface area contributed by atoms with Gasteiger partial charge in [0.1, 0.15) is 0 Å². The predicted octanol–water partition coefficient (Wildman–Crippen LogP) is 2.85. The van der Waals surface area contributed by atoms with Gasteiger partial charge in [0, 0.05) is 12.0 Å². The van der Waals surface area contributed by atoms with Gasteiger partial charge in [-0.25, -0.2) is 13.2 Å². The van der Waals surface area contributed by atoms with Crippen LogP contribution >= 0.6 is 0 Å². The Morgan fingerprint density at radius 2 is 1.88 bits per heavy atom. The molecular formula is C12H11F3O2. The zero-order valence-electron chi connectivity index (χ0n) is 9.17. The molecular weight excluding hydrogens is 233 g/mol. The summed E-state index contributed by atoms with van der Waals surface area (Å²) in [6.45, 7) is 1.67. The molecule has 0 fully saturated rings. The van der Waals surface area contributed by atoms with Crippen molar-refractivity contribution in [1.82, 2.24) is 0 Å².